The molecule has 1 aromatic rings. The molecule has 0 aliphatic carbocycles. The van der Waals surface area contributed by atoms with Gasteiger partial charge in [0.15, 0.2) is 0 Å². The zero-order chi connectivity index (χ0) is 14.6. The number of nitrogens with two attached hydrogens (primary N) is 1. The van der Waals surface area contributed by atoms with Crippen LogP contribution in [-0.4, -0.2) is 31.1 Å². The third-order valence-electron chi connectivity index (χ3n) is 3.87. The van der Waals surface area contributed by atoms with Crippen molar-refractivity contribution in [3.05, 3.63) is 35.4 Å². The van der Waals surface area contributed by atoms with Crippen molar-refractivity contribution in [2.75, 3.05) is 26.2 Å². The largest absolute Gasteiger partial charge is 0.416 e. The summed E-state index contributed by atoms with van der Waals surface area (Å²) in [7, 11) is 0. The monoisotopic (exact) mass is 286 g/mol. The summed E-state index contributed by atoms with van der Waals surface area (Å²) in [6.07, 6.45) is -1.33. The van der Waals surface area contributed by atoms with Crippen LogP contribution in [0.2, 0.25) is 0 Å². The van der Waals surface area contributed by atoms with Crippen molar-refractivity contribution in [1.82, 2.24) is 4.90 Å². The molecule has 1 heterocycles. The first-order valence-electron chi connectivity index (χ1n) is 7.10. The predicted molar refractivity (Wildman–Crippen MR) is 73.5 cm³/mol. The molecule has 0 spiro atoms. The molecule has 1 aliphatic rings. The summed E-state index contributed by atoms with van der Waals surface area (Å²) < 4.78 is 38.3. The van der Waals surface area contributed by atoms with Crippen molar-refractivity contribution in [3.8, 4) is 0 Å². The Kier molecular flexibility index (Phi) is 5.05. The highest BCUT2D eigenvalue weighted by molar-refractivity contribution is 5.28. The minimum atomic E-state index is -4.26. The lowest BCUT2D eigenvalue weighted by Gasteiger charge is -2.33. The average Bonchev–Trinajstić information content (AvgIpc) is 2.45. The van der Waals surface area contributed by atoms with Crippen LogP contribution in [-0.2, 0) is 6.18 Å². The summed E-state index contributed by atoms with van der Waals surface area (Å²) >= 11 is 0. The second-order valence-electron chi connectivity index (χ2n) is 5.41. The van der Waals surface area contributed by atoms with E-state index >= 15 is 0 Å². The molecule has 5 heteroatoms. The number of likely N-dealkylation sites (tertiary alicyclic amines) is 1. The van der Waals surface area contributed by atoms with Gasteiger partial charge in [0, 0.05) is 6.54 Å². The molecule has 1 atom stereocenters. The van der Waals surface area contributed by atoms with E-state index in [-0.39, 0.29) is 5.92 Å². The maximum atomic E-state index is 12.8. The summed E-state index contributed by atoms with van der Waals surface area (Å²) in [5, 5.41) is 0. The van der Waals surface area contributed by atoms with Crippen molar-refractivity contribution in [2.45, 2.75) is 31.4 Å². The minimum Gasteiger partial charge on any atom is -0.330 e. The van der Waals surface area contributed by atoms with Gasteiger partial charge in [-0.3, -0.25) is 0 Å². The van der Waals surface area contributed by atoms with Crippen LogP contribution in [0.25, 0.3) is 0 Å². The SMILES string of the molecule is NCCCN1CCCC(c2cccc(C(F)(F)F)c2)C1. The summed E-state index contributed by atoms with van der Waals surface area (Å²) in [5.74, 6) is 0.198. The zero-order valence-electron chi connectivity index (χ0n) is 11.5. The fraction of sp³-hybridized carbons (Fsp3) is 0.600. The number of rotatable bonds is 4. The molecule has 1 unspecified atom stereocenters. The van der Waals surface area contributed by atoms with E-state index in [1.165, 1.54) is 12.1 Å². The van der Waals surface area contributed by atoms with Gasteiger partial charge in [-0.15, -0.1) is 0 Å². The minimum absolute atomic E-state index is 0.198. The Morgan fingerprint density at radius 1 is 1.30 bits per heavy atom. The van der Waals surface area contributed by atoms with E-state index in [1.54, 1.807) is 0 Å². The van der Waals surface area contributed by atoms with Gasteiger partial charge in [0.1, 0.15) is 0 Å². The number of hydrogen-bond acceptors (Lipinski definition) is 2. The van der Waals surface area contributed by atoms with Crippen LogP contribution in [0.15, 0.2) is 24.3 Å². The lowest BCUT2D eigenvalue weighted by Crippen LogP contribution is -2.35. The number of hydrogen-bond donors (Lipinski definition) is 1. The standard InChI is InChI=1S/C15H21F3N2/c16-15(17,18)14-6-1-4-12(10-14)13-5-2-8-20(11-13)9-3-7-19/h1,4,6,10,13H,2-3,5,7-9,11,19H2. The summed E-state index contributed by atoms with van der Waals surface area (Å²) in [4.78, 5) is 2.31. The molecule has 1 aliphatic heterocycles. The van der Waals surface area contributed by atoms with E-state index in [0.29, 0.717) is 6.54 Å². The van der Waals surface area contributed by atoms with Crippen molar-refractivity contribution >= 4 is 0 Å². The van der Waals surface area contributed by atoms with Crippen molar-refractivity contribution in [3.63, 3.8) is 0 Å². The highest BCUT2D eigenvalue weighted by atomic mass is 19.4. The van der Waals surface area contributed by atoms with E-state index in [9.17, 15) is 13.2 Å². The van der Waals surface area contributed by atoms with Crippen LogP contribution in [0.1, 0.15) is 36.3 Å². The molecule has 1 aromatic carbocycles. The number of benzene rings is 1. The van der Waals surface area contributed by atoms with E-state index < -0.39 is 11.7 Å². The summed E-state index contributed by atoms with van der Waals surface area (Å²) in [6, 6.07) is 5.76. The third kappa shape index (κ3) is 3.96. The lowest BCUT2D eigenvalue weighted by atomic mass is 9.89. The number of nitrogens with zero attached hydrogens (tertiary/aromatic N) is 1. The van der Waals surface area contributed by atoms with Crippen LogP contribution in [0, 0.1) is 0 Å². The normalized spacial score (nSPS) is 21.1. The first-order chi connectivity index (χ1) is 9.50. The molecule has 2 rings (SSSR count). The smallest absolute Gasteiger partial charge is 0.330 e. The second kappa shape index (κ2) is 6.59. The Morgan fingerprint density at radius 2 is 2.10 bits per heavy atom. The number of piperidine rings is 1. The highest BCUT2D eigenvalue weighted by Crippen LogP contribution is 2.33. The molecule has 0 radical (unpaired) electrons. The van der Waals surface area contributed by atoms with Crippen molar-refractivity contribution in [2.24, 2.45) is 5.73 Å². The molecule has 112 valence electrons. The highest BCUT2D eigenvalue weighted by Gasteiger charge is 2.31. The van der Waals surface area contributed by atoms with Crippen molar-refractivity contribution in [1.29, 1.82) is 0 Å². The fourth-order valence-electron chi connectivity index (χ4n) is 2.81. The Hall–Kier alpha value is -1.07. The number of halogens is 3. The first kappa shape index (κ1) is 15.3. The van der Waals surface area contributed by atoms with Gasteiger partial charge in [-0.25, -0.2) is 0 Å². The fourth-order valence-corrected chi connectivity index (χ4v) is 2.81. The molecule has 0 bridgehead atoms. The van der Waals surface area contributed by atoms with Crippen LogP contribution >= 0.6 is 0 Å². The van der Waals surface area contributed by atoms with E-state index in [1.807, 2.05) is 6.07 Å². The van der Waals surface area contributed by atoms with Crippen LogP contribution in [0.4, 0.5) is 13.2 Å². The lowest BCUT2D eigenvalue weighted by molar-refractivity contribution is -0.137. The summed E-state index contributed by atoms with van der Waals surface area (Å²) in [6.45, 7) is 3.45. The van der Waals surface area contributed by atoms with Crippen LogP contribution in [0.3, 0.4) is 0 Å². The van der Waals surface area contributed by atoms with Crippen LogP contribution in [0.5, 0.6) is 0 Å². The maximum Gasteiger partial charge on any atom is 0.416 e. The molecule has 1 fully saturated rings. The average molecular weight is 286 g/mol. The third-order valence-corrected chi connectivity index (χ3v) is 3.87. The molecular weight excluding hydrogens is 265 g/mol. The molecule has 0 saturated carbocycles. The van der Waals surface area contributed by atoms with Gasteiger partial charge < -0.3 is 10.6 Å². The van der Waals surface area contributed by atoms with Gasteiger partial charge >= 0.3 is 6.18 Å². The predicted octanol–water partition coefficient (Wildman–Crippen LogP) is 3.23. The first-order valence-corrected chi connectivity index (χ1v) is 7.10. The van der Waals surface area contributed by atoms with Crippen molar-refractivity contribution < 1.29 is 13.2 Å². The van der Waals surface area contributed by atoms with Crippen LogP contribution < -0.4 is 5.73 Å². The molecule has 0 aromatic heterocycles. The Balaban J connectivity index is 2.07. The second-order valence-corrected chi connectivity index (χ2v) is 5.41. The topological polar surface area (TPSA) is 29.3 Å². The quantitative estimate of drug-likeness (QED) is 0.920. The Morgan fingerprint density at radius 3 is 2.80 bits per heavy atom. The molecule has 0 amide bonds. The maximum absolute atomic E-state index is 12.8. The van der Waals surface area contributed by atoms with Gasteiger partial charge in [0.2, 0.25) is 0 Å². The Labute approximate surface area is 117 Å². The van der Waals surface area contributed by atoms with E-state index in [0.717, 1.165) is 50.5 Å². The van der Waals surface area contributed by atoms with Gasteiger partial charge in [0.05, 0.1) is 5.56 Å². The molecule has 2 N–H and O–H groups in total. The summed E-state index contributed by atoms with van der Waals surface area (Å²) in [5.41, 5.74) is 5.76. The molecule has 20 heavy (non-hydrogen) atoms. The van der Waals surface area contributed by atoms with Gasteiger partial charge in [-0.1, -0.05) is 18.2 Å². The number of alkyl halides is 3. The molecule has 2 nitrogen and oxygen atoms in total. The van der Waals surface area contributed by atoms with Gasteiger partial charge in [-0.05, 0) is 56.4 Å². The van der Waals surface area contributed by atoms with E-state index in [2.05, 4.69) is 4.90 Å². The molecular formula is C15H21F3N2. The van der Waals surface area contributed by atoms with Gasteiger partial charge in [0.25, 0.3) is 0 Å². The molecule has 1 saturated heterocycles. The van der Waals surface area contributed by atoms with Gasteiger partial charge in [-0.2, -0.15) is 13.2 Å². The Bertz CT molecular complexity index is 431. The zero-order valence-corrected chi connectivity index (χ0v) is 11.5. The van der Waals surface area contributed by atoms with E-state index in [4.69, 9.17) is 5.73 Å².